The molecule has 0 bridgehead atoms. The van der Waals surface area contributed by atoms with Gasteiger partial charge in [0.15, 0.2) is 0 Å². The molecule has 0 aromatic heterocycles. The summed E-state index contributed by atoms with van der Waals surface area (Å²) in [7, 11) is 0. The molecule has 1 rings (SSSR count). The Labute approximate surface area is 171 Å². The lowest BCUT2D eigenvalue weighted by Gasteiger charge is -2.19. The summed E-state index contributed by atoms with van der Waals surface area (Å²) >= 11 is 0. The molecule has 0 radical (unpaired) electrons. The Balaban J connectivity index is 0.000000621. The molecule has 28 heavy (non-hydrogen) atoms. The third kappa shape index (κ3) is 13.1. The van der Waals surface area contributed by atoms with E-state index in [4.69, 9.17) is 4.74 Å². The van der Waals surface area contributed by atoms with E-state index in [0.29, 0.717) is 11.0 Å². The second-order valence-corrected chi connectivity index (χ2v) is 8.92. The zero-order valence-electron chi connectivity index (χ0n) is 19.1. The van der Waals surface area contributed by atoms with Gasteiger partial charge in [-0.2, -0.15) is 0 Å². The van der Waals surface area contributed by atoms with Crippen molar-refractivity contribution in [3.63, 3.8) is 0 Å². The van der Waals surface area contributed by atoms with Crippen LogP contribution in [0.15, 0.2) is 29.3 Å². The number of hydrogen-bond acceptors (Lipinski definition) is 4. The number of nitrogens with one attached hydrogen (secondary N) is 1. The molecule has 0 aliphatic rings. The fourth-order valence-electron chi connectivity index (χ4n) is 1.90. The number of rotatable bonds is 6. The first kappa shape index (κ1) is 25.8. The number of aliphatic imine (C=N–C) groups is 1. The van der Waals surface area contributed by atoms with Crippen LogP contribution in [0.2, 0.25) is 0 Å². The number of nitrogens with zero attached hydrogens (tertiary/aromatic N) is 1. The summed E-state index contributed by atoms with van der Waals surface area (Å²) in [6.45, 7) is 18.9. The Kier molecular flexibility index (Phi) is 10.7. The SMILES string of the molecule is CCC(C)(C)CN=C(C)C.Cc1cccc(C(=O)NCC(=O)OC(C)(C)C)c1. The molecule has 5 heteroatoms. The number of benzene rings is 1. The molecule has 1 amide bonds. The lowest BCUT2D eigenvalue weighted by Crippen LogP contribution is -2.34. The lowest BCUT2D eigenvalue weighted by molar-refractivity contribution is -0.153. The van der Waals surface area contributed by atoms with Crippen molar-refractivity contribution in [3.8, 4) is 0 Å². The third-order valence-corrected chi connectivity index (χ3v) is 3.87. The zero-order valence-corrected chi connectivity index (χ0v) is 19.1. The van der Waals surface area contributed by atoms with E-state index in [2.05, 4.69) is 31.1 Å². The van der Waals surface area contributed by atoms with Crippen LogP contribution in [0, 0.1) is 12.3 Å². The average molecular weight is 391 g/mol. The maximum atomic E-state index is 11.7. The minimum Gasteiger partial charge on any atom is -0.459 e. The summed E-state index contributed by atoms with van der Waals surface area (Å²) in [6.07, 6.45) is 1.20. The van der Waals surface area contributed by atoms with Crippen LogP contribution in [0.4, 0.5) is 0 Å². The van der Waals surface area contributed by atoms with Crippen molar-refractivity contribution in [1.82, 2.24) is 5.32 Å². The maximum absolute atomic E-state index is 11.7. The van der Waals surface area contributed by atoms with E-state index in [1.807, 2.05) is 26.8 Å². The molecule has 0 aliphatic carbocycles. The zero-order chi connectivity index (χ0) is 22.0. The molecule has 1 N–H and O–H groups in total. The van der Waals surface area contributed by atoms with Crippen LogP contribution in [0.25, 0.3) is 0 Å². The predicted molar refractivity (Wildman–Crippen MR) is 117 cm³/mol. The fourth-order valence-corrected chi connectivity index (χ4v) is 1.90. The molecule has 0 saturated heterocycles. The third-order valence-electron chi connectivity index (χ3n) is 3.87. The molecule has 5 nitrogen and oxygen atoms in total. The van der Waals surface area contributed by atoms with Gasteiger partial charge in [-0.05, 0) is 65.5 Å². The highest BCUT2D eigenvalue weighted by Gasteiger charge is 2.17. The van der Waals surface area contributed by atoms with Crippen molar-refractivity contribution in [2.75, 3.05) is 13.1 Å². The van der Waals surface area contributed by atoms with E-state index >= 15 is 0 Å². The highest BCUT2D eigenvalue weighted by molar-refractivity contribution is 5.96. The normalized spacial score (nSPS) is 11.0. The van der Waals surface area contributed by atoms with Gasteiger partial charge in [-0.15, -0.1) is 0 Å². The Morgan fingerprint density at radius 1 is 1.11 bits per heavy atom. The van der Waals surface area contributed by atoms with Gasteiger partial charge >= 0.3 is 5.97 Å². The summed E-state index contributed by atoms with van der Waals surface area (Å²) in [5, 5.41) is 2.54. The topological polar surface area (TPSA) is 67.8 Å². The van der Waals surface area contributed by atoms with Crippen LogP contribution in [0.5, 0.6) is 0 Å². The van der Waals surface area contributed by atoms with Gasteiger partial charge in [0.2, 0.25) is 0 Å². The summed E-state index contributed by atoms with van der Waals surface area (Å²) in [5.41, 5.74) is 2.57. The molecule has 0 heterocycles. The van der Waals surface area contributed by atoms with E-state index in [9.17, 15) is 9.59 Å². The van der Waals surface area contributed by atoms with Gasteiger partial charge in [0, 0.05) is 17.8 Å². The Bertz CT molecular complexity index is 667. The van der Waals surface area contributed by atoms with Crippen LogP contribution < -0.4 is 5.32 Å². The number of esters is 1. The second kappa shape index (κ2) is 11.6. The van der Waals surface area contributed by atoms with Gasteiger partial charge < -0.3 is 10.1 Å². The quantitative estimate of drug-likeness (QED) is 0.551. The molecule has 1 aromatic rings. The van der Waals surface area contributed by atoms with Crippen LogP contribution >= 0.6 is 0 Å². The maximum Gasteiger partial charge on any atom is 0.325 e. The lowest BCUT2D eigenvalue weighted by atomic mass is 9.91. The fraction of sp³-hybridized carbons (Fsp3) is 0.609. The molecule has 0 atom stereocenters. The number of amides is 1. The van der Waals surface area contributed by atoms with Gasteiger partial charge in [0.05, 0.1) is 0 Å². The minimum atomic E-state index is -0.537. The van der Waals surface area contributed by atoms with Gasteiger partial charge in [-0.3, -0.25) is 14.6 Å². The number of carbonyl (C=O) groups is 2. The molecular formula is C23H38N2O3. The monoisotopic (exact) mass is 390 g/mol. The van der Waals surface area contributed by atoms with Crippen molar-refractivity contribution in [2.45, 2.75) is 74.3 Å². The molecular weight excluding hydrogens is 352 g/mol. The molecule has 0 spiro atoms. The van der Waals surface area contributed by atoms with E-state index in [0.717, 1.165) is 12.1 Å². The van der Waals surface area contributed by atoms with Crippen LogP contribution in [0.3, 0.4) is 0 Å². The van der Waals surface area contributed by atoms with E-state index < -0.39 is 11.6 Å². The molecule has 1 aromatic carbocycles. The summed E-state index contributed by atoms with van der Waals surface area (Å²) in [5.74, 6) is -0.715. The van der Waals surface area contributed by atoms with Crippen molar-refractivity contribution in [1.29, 1.82) is 0 Å². The Morgan fingerprint density at radius 2 is 1.71 bits per heavy atom. The predicted octanol–water partition coefficient (Wildman–Crippen LogP) is 4.97. The molecule has 0 fully saturated rings. The van der Waals surface area contributed by atoms with Gasteiger partial charge in [-0.25, -0.2) is 0 Å². The second-order valence-electron chi connectivity index (χ2n) is 8.92. The largest absolute Gasteiger partial charge is 0.459 e. The molecule has 0 unspecified atom stereocenters. The molecule has 0 saturated carbocycles. The first-order valence-electron chi connectivity index (χ1n) is 9.80. The summed E-state index contributed by atoms with van der Waals surface area (Å²) in [6, 6.07) is 7.18. The smallest absolute Gasteiger partial charge is 0.325 e. The van der Waals surface area contributed by atoms with Gasteiger partial charge in [-0.1, -0.05) is 38.5 Å². The molecule has 158 valence electrons. The molecule has 0 aliphatic heterocycles. The Hall–Kier alpha value is -2.17. The first-order valence-corrected chi connectivity index (χ1v) is 9.80. The Morgan fingerprint density at radius 3 is 2.18 bits per heavy atom. The van der Waals surface area contributed by atoms with Gasteiger partial charge in [0.1, 0.15) is 12.1 Å². The summed E-state index contributed by atoms with van der Waals surface area (Å²) < 4.78 is 5.09. The number of aryl methyl sites for hydroxylation is 1. The van der Waals surface area contributed by atoms with Crippen LogP contribution in [0.1, 0.15) is 77.7 Å². The van der Waals surface area contributed by atoms with Crippen molar-refractivity contribution < 1.29 is 14.3 Å². The minimum absolute atomic E-state index is 0.121. The van der Waals surface area contributed by atoms with Crippen molar-refractivity contribution >= 4 is 17.6 Å². The highest BCUT2D eigenvalue weighted by Crippen LogP contribution is 2.19. The number of ether oxygens (including phenoxy) is 1. The summed E-state index contributed by atoms with van der Waals surface area (Å²) in [4.78, 5) is 27.6. The van der Waals surface area contributed by atoms with Gasteiger partial charge in [0.25, 0.3) is 5.91 Å². The van der Waals surface area contributed by atoms with Crippen molar-refractivity contribution in [3.05, 3.63) is 35.4 Å². The van der Waals surface area contributed by atoms with Crippen molar-refractivity contribution in [2.24, 2.45) is 10.4 Å². The highest BCUT2D eigenvalue weighted by atomic mass is 16.6. The van der Waals surface area contributed by atoms with E-state index in [1.165, 1.54) is 12.1 Å². The van der Waals surface area contributed by atoms with Crippen LogP contribution in [-0.4, -0.2) is 36.3 Å². The number of hydrogen-bond donors (Lipinski definition) is 1. The standard InChI is InChI=1S/C14H19NO3.C9H19N/c1-10-6-5-7-11(8-10)13(17)15-9-12(16)18-14(2,3)4;1-6-9(4,5)7-10-8(2)3/h5-8H,9H2,1-4H3,(H,15,17);6-7H2,1-5H3. The van der Waals surface area contributed by atoms with E-state index in [-0.39, 0.29) is 12.5 Å². The average Bonchev–Trinajstić information content (AvgIpc) is 2.57. The number of carbonyl (C=O) groups excluding carboxylic acids is 2. The first-order chi connectivity index (χ1) is 12.8. The van der Waals surface area contributed by atoms with E-state index in [1.54, 1.807) is 39.0 Å². The van der Waals surface area contributed by atoms with Crippen LogP contribution in [-0.2, 0) is 9.53 Å².